The predicted molar refractivity (Wildman–Crippen MR) is 115 cm³/mol. The van der Waals surface area contributed by atoms with Crippen LogP contribution in [0.3, 0.4) is 0 Å². The molecule has 0 saturated carbocycles. The van der Waals surface area contributed by atoms with Crippen LogP contribution in [-0.2, 0) is 17.9 Å². The number of anilines is 1. The van der Waals surface area contributed by atoms with Crippen LogP contribution in [0, 0.1) is 6.92 Å². The number of carbonyl (C=O) groups is 2. The van der Waals surface area contributed by atoms with E-state index < -0.39 is 6.36 Å². The Labute approximate surface area is 188 Å². The van der Waals surface area contributed by atoms with Crippen LogP contribution in [0.4, 0.5) is 18.9 Å². The largest absolute Gasteiger partial charge is 0.573 e. The number of rotatable bonds is 5. The van der Waals surface area contributed by atoms with Gasteiger partial charge in [-0.15, -0.1) is 13.2 Å². The fourth-order valence-electron chi connectivity index (χ4n) is 3.84. The van der Waals surface area contributed by atoms with Crippen molar-refractivity contribution in [3.8, 4) is 17.0 Å². The van der Waals surface area contributed by atoms with Gasteiger partial charge in [-0.2, -0.15) is 0 Å². The summed E-state index contributed by atoms with van der Waals surface area (Å²) >= 11 is 0. The molecule has 9 heteroatoms. The van der Waals surface area contributed by atoms with E-state index in [0.717, 1.165) is 11.1 Å². The van der Waals surface area contributed by atoms with E-state index in [1.54, 1.807) is 17.9 Å². The first-order valence-corrected chi connectivity index (χ1v) is 10.1. The number of benzene rings is 2. The van der Waals surface area contributed by atoms with Gasteiger partial charge < -0.3 is 15.0 Å². The average molecular weight is 455 g/mol. The van der Waals surface area contributed by atoms with Crippen molar-refractivity contribution in [3.05, 3.63) is 77.0 Å². The molecule has 0 saturated heterocycles. The number of aromatic nitrogens is 1. The molecule has 2 aromatic carbocycles. The third-order valence-corrected chi connectivity index (χ3v) is 5.15. The van der Waals surface area contributed by atoms with Gasteiger partial charge in [-0.3, -0.25) is 14.6 Å². The molecule has 0 atom stereocenters. The van der Waals surface area contributed by atoms with E-state index in [-0.39, 0.29) is 24.1 Å². The zero-order valence-electron chi connectivity index (χ0n) is 17.9. The zero-order chi connectivity index (χ0) is 23.8. The molecule has 1 N–H and O–H groups in total. The Hall–Kier alpha value is -3.88. The second-order valence-electron chi connectivity index (χ2n) is 7.74. The van der Waals surface area contributed by atoms with E-state index >= 15 is 0 Å². The molecule has 1 aliphatic heterocycles. The van der Waals surface area contributed by atoms with Gasteiger partial charge in [0.25, 0.3) is 5.91 Å². The fourth-order valence-corrected chi connectivity index (χ4v) is 3.84. The molecule has 0 bridgehead atoms. The molecule has 2 heterocycles. The minimum atomic E-state index is -4.75. The van der Waals surface area contributed by atoms with E-state index in [9.17, 15) is 22.8 Å². The molecule has 2 amide bonds. The molecule has 6 nitrogen and oxygen atoms in total. The smallest absolute Gasteiger partial charge is 0.406 e. The molecule has 3 aromatic rings. The highest BCUT2D eigenvalue weighted by atomic mass is 19.4. The Morgan fingerprint density at radius 2 is 1.88 bits per heavy atom. The van der Waals surface area contributed by atoms with Crippen LogP contribution in [-0.4, -0.2) is 28.1 Å². The summed E-state index contributed by atoms with van der Waals surface area (Å²) in [5.74, 6) is -0.665. The van der Waals surface area contributed by atoms with Crippen molar-refractivity contribution in [2.24, 2.45) is 0 Å². The van der Waals surface area contributed by atoms with Gasteiger partial charge in [0.05, 0.1) is 17.0 Å². The average Bonchev–Trinajstić information content (AvgIpc) is 3.04. The van der Waals surface area contributed by atoms with Crippen LogP contribution in [0.5, 0.6) is 5.75 Å². The Morgan fingerprint density at radius 3 is 2.55 bits per heavy atom. The highest BCUT2D eigenvalue weighted by Crippen LogP contribution is 2.31. The number of carbonyl (C=O) groups excluding carboxylic acids is 2. The third kappa shape index (κ3) is 5.14. The maximum absolute atomic E-state index is 13.0. The van der Waals surface area contributed by atoms with Crippen LogP contribution in [0.25, 0.3) is 11.3 Å². The summed E-state index contributed by atoms with van der Waals surface area (Å²) in [5.41, 5.74) is 4.77. The highest BCUT2D eigenvalue weighted by Gasteiger charge is 2.32. The van der Waals surface area contributed by atoms with Gasteiger partial charge in [-0.05, 0) is 48.4 Å². The Balaban J connectivity index is 1.54. The monoisotopic (exact) mass is 455 g/mol. The van der Waals surface area contributed by atoms with Crippen molar-refractivity contribution < 1.29 is 27.5 Å². The van der Waals surface area contributed by atoms with Crippen molar-refractivity contribution in [1.29, 1.82) is 0 Å². The molecule has 0 radical (unpaired) electrons. The van der Waals surface area contributed by atoms with Gasteiger partial charge in [0.15, 0.2) is 0 Å². The first-order valence-electron chi connectivity index (χ1n) is 10.1. The standard InChI is InChI=1S/C24H20F3N3O3/c1-14-22-18(11-21(28-14)17-4-3-5-19(10-17)29-15(2)31)13-30(23(22)32)12-16-6-8-20(9-7-16)33-24(25,26)27/h3-11H,12-13H2,1-2H3,(H,29,31). The lowest BCUT2D eigenvalue weighted by Gasteiger charge is -2.16. The zero-order valence-corrected chi connectivity index (χ0v) is 17.9. The first kappa shape index (κ1) is 22.3. The molecule has 170 valence electrons. The second kappa shape index (κ2) is 8.57. The summed E-state index contributed by atoms with van der Waals surface area (Å²) in [6.45, 7) is 3.80. The van der Waals surface area contributed by atoms with Gasteiger partial charge in [0.2, 0.25) is 5.91 Å². The van der Waals surface area contributed by atoms with E-state index in [1.807, 2.05) is 24.3 Å². The van der Waals surface area contributed by atoms with E-state index in [0.29, 0.717) is 34.7 Å². The molecule has 4 rings (SSSR count). The minimum absolute atomic E-state index is 0.176. The molecule has 0 spiro atoms. The Bertz CT molecular complexity index is 1220. The number of ether oxygens (including phenoxy) is 1. The summed E-state index contributed by atoms with van der Waals surface area (Å²) in [6.07, 6.45) is -4.75. The third-order valence-electron chi connectivity index (χ3n) is 5.15. The number of pyridine rings is 1. The van der Waals surface area contributed by atoms with Gasteiger partial charge in [0, 0.05) is 31.3 Å². The molecular formula is C24H20F3N3O3. The molecule has 1 aliphatic rings. The number of aryl methyl sites for hydroxylation is 1. The molecule has 0 unspecified atom stereocenters. The summed E-state index contributed by atoms with van der Waals surface area (Å²) in [5, 5.41) is 2.74. The van der Waals surface area contributed by atoms with Crippen LogP contribution >= 0.6 is 0 Å². The van der Waals surface area contributed by atoms with Crippen LogP contribution in [0.2, 0.25) is 0 Å². The number of hydrogen-bond donors (Lipinski definition) is 1. The lowest BCUT2D eigenvalue weighted by atomic mass is 10.0. The molecule has 0 fully saturated rings. The summed E-state index contributed by atoms with van der Waals surface area (Å²) in [7, 11) is 0. The normalized spacial score (nSPS) is 13.1. The van der Waals surface area contributed by atoms with Crippen molar-refractivity contribution in [2.75, 3.05) is 5.32 Å². The first-order chi connectivity index (χ1) is 15.6. The topological polar surface area (TPSA) is 71.5 Å². The lowest BCUT2D eigenvalue weighted by Crippen LogP contribution is -2.23. The minimum Gasteiger partial charge on any atom is -0.406 e. The van der Waals surface area contributed by atoms with Gasteiger partial charge >= 0.3 is 6.36 Å². The number of amides is 2. The van der Waals surface area contributed by atoms with Crippen LogP contribution in [0.15, 0.2) is 54.6 Å². The van der Waals surface area contributed by atoms with Gasteiger partial charge in [0.1, 0.15) is 5.75 Å². The Kier molecular flexibility index (Phi) is 5.80. The fraction of sp³-hybridized carbons (Fsp3) is 0.208. The number of hydrogen-bond acceptors (Lipinski definition) is 4. The highest BCUT2D eigenvalue weighted by molar-refractivity contribution is 5.99. The summed E-state index contributed by atoms with van der Waals surface area (Å²) < 4.78 is 40.9. The van der Waals surface area contributed by atoms with Gasteiger partial charge in [-0.25, -0.2) is 0 Å². The number of nitrogens with one attached hydrogen (secondary N) is 1. The summed E-state index contributed by atoms with van der Waals surface area (Å²) in [6, 6.07) is 14.6. The van der Waals surface area contributed by atoms with Crippen molar-refractivity contribution in [2.45, 2.75) is 33.3 Å². The van der Waals surface area contributed by atoms with E-state index in [2.05, 4.69) is 15.0 Å². The molecular weight excluding hydrogens is 435 g/mol. The number of nitrogens with zero attached hydrogens (tertiary/aromatic N) is 2. The van der Waals surface area contributed by atoms with Crippen molar-refractivity contribution >= 4 is 17.5 Å². The van der Waals surface area contributed by atoms with Crippen molar-refractivity contribution in [1.82, 2.24) is 9.88 Å². The lowest BCUT2D eigenvalue weighted by molar-refractivity contribution is -0.274. The summed E-state index contributed by atoms with van der Waals surface area (Å²) in [4.78, 5) is 30.5. The van der Waals surface area contributed by atoms with E-state index in [1.165, 1.54) is 31.2 Å². The number of alkyl halides is 3. The molecule has 33 heavy (non-hydrogen) atoms. The number of fused-ring (bicyclic) bond motifs is 1. The Morgan fingerprint density at radius 1 is 1.15 bits per heavy atom. The van der Waals surface area contributed by atoms with E-state index in [4.69, 9.17) is 0 Å². The maximum Gasteiger partial charge on any atom is 0.573 e. The van der Waals surface area contributed by atoms with Crippen LogP contribution < -0.4 is 10.1 Å². The van der Waals surface area contributed by atoms with Crippen LogP contribution in [0.1, 0.15) is 34.1 Å². The van der Waals surface area contributed by atoms with Crippen molar-refractivity contribution in [3.63, 3.8) is 0 Å². The quantitative estimate of drug-likeness (QED) is 0.583. The SMILES string of the molecule is CC(=O)Nc1cccc(-c2cc3c(c(C)n2)C(=O)N(Cc2ccc(OC(F)(F)F)cc2)C3)c1. The maximum atomic E-state index is 13.0. The van der Waals surface area contributed by atoms with Gasteiger partial charge in [-0.1, -0.05) is 24.3 Å². The second-order valence-corrected chi connectivity index (χ2v) is 7.74. The predicted octanol–water partition coefficient (Wildman–Crippen LogP) is 5.07. The molecule has 0 aliphatic carbocycles. The number of halogens is 3. The molecule has 1 aromatic heterocycles.